The quantitative estimate of drug-likeness (QED) is 0.0245. The molecule has 8 nitrogen and oxygen atoms in total. The molecule has 0 saturated heterocycles. The summed E-state index contributed by atoms with van der Waals surface area (Å²) in [6.45, 7) is 4.80. The first-order chi connectivity index (χ1) is 27.0. The molecule has 3 atom stereocenters. The summed E-state index contributed by atoms with van der Waals surface area (Å²) < 4.78 is 23.5. The Kier molecular flexibility index (Phi) is 38.7. The van der Waals surface area contributed by atoms with Gasteiger partial charge in [-0.25, -0.2) is 4.57 Å². The molecule has 0 aromatic carbocycles. The van der Waals surface area contributed by atoms with Crippen LogP contribution in [0.3, 0.4) is 0 Å². The molecule has 0 aromatic rings. The molecule has 56 heavy (non-hydrogen) atoms. The van der Waals surface area contributed by atoms with E-state index in [1.807, 2.05) is 27.2 Å². The number of quaternary nitrogens is 1. The molecular formula is C47H94N2O6P+. The Bertz CT molecular complexity index is 969. The molecule has 0 aliphatic rings. The third kappa shape index (κ3) is 41.2. The largest absolute Gasteiger partial charge is 0.472 e. The summed E-state index contributed by atoms with van der Waals surface area (Å²) in [5, 5.41) is 13.8. The average molecular weight is 814 g/mol. The molecule has 9 heteroatoms. The van der Waals surface area contributed by atoms with Gasteiger partial charge in [0, 0.05) is 6.42 Å². The number of phosphoric ester groups is 1. The molecule has 0 fully saturated rings. The summed E-state index contributed by atoms with van der Waals surface area (Å²) >= 11 is 0. The van der Waals surface area contributed by atoms with Gasteiger partial charge in [-0.05, 0) is 32.1 Å². The van der Waals surface area contributed by atoms with Gasteiger partial charge in [-0.1, -0.05) is 205 Å². The van der Waals surface area contributed by atoms with Gasteiger partial charge in [0.1, 0.15) is 13.2 Å². The summed E-state index contributed by atoms with van der Waals surface area (Å²) in [5.74, 6) is -0.184. The van der Waals surface area contributed by atoms with E-state index in [0.717, 1.165) is 38.5 Å². The Hall–Kier alpha value is -1.02. The van der Waals surface area contributed by atoms with Crippen LogP contribution in [0, 0.1) is 0 Å². The second-order valence-corrected chi connectivity index (χ2v) is 18.9. The van der Waals surface area contributed by atoms with E-state index in [1.54, 1.807) is 6.08 Å². The predicted molar refractivity (Wildman–Crippen MR) is 240 cm³/mol. The second kappa shape index (κ2) is 39.4. The van der Waals surface area contributed by atoms with E-state index >= 15 is 0 Å². The molecule has 332 valence electrons. The fourth-order valence-electron chi connectivity index (χ4n) is 6.88. The number of carbonyl (C=O) groups is 1. The Labute approximate surface area is 347 Å². The minimum atomic E-state index is -4.34. The van der Waals surface area contributed by atoms with Crippen LogP contribution in [-0.4, -0.2) is 73.4 Å². The van der Waals surface area contributed by atoms with Crippen molar-refractivity contribution in [2.45, 2.75) is 231 Å². The first-order valence-corrected chi connectivity index (χ1v) is 25.2. The van der Waals surface area contributed by atoms with Crippen molar-refractivity contribution in [2.24, 2.45) is 0 Å². The third-order valence-electron chi connectivity index (χ3n) is 10.7. The zero-order valence-electron chi connectivity index (χ0n) is 37.6. The molecule has 0 rings (SSSR count). The van der Waals surface area contributed by atoms with Crippen LogP contribution in [0.15, 0.2) is 24.3 Å². The van der Waals surface area contributed by atoms with Crippen molar-refractivity contribution < 1.29 is 32.9 Å². The lowest BCUT2D eigenvalue weighted by Gasteiger charge is -2.25. The van der Waals surface area contributed by atoms with Crippen molar-refractivity contribution in [1.82, 2.24) is 5.32 Å². The molecule has 0 spiro atoms. The number of likely N-dealkylation sites (N-methyl/N-ethyl adjacent to an activating group) is 1. The zero-order valence-corrected chi connectivity index (χ0v) is 38.5. The van der Waals surface area contributed by atoms with E-state index in [0.29, 0.717) is 17.4 Å². The minimum Gasteiger partial charge on any atom is -0.387 e. The normalized spacial score (nSPS) is 14.5. The number of aliphatic hydroxyl groups excluding tert-OH is 1. The Morgan fingerprint density at radius 2 is 0.982 bits per heavy atom. The highest BCUT2D eigenvalue weighted by Crippen LogP contribution is 2.43. The number of nitrogens with zero attached hydrogens (tertiary/aromatic N) is 1. The summed E-state index contributed by atoms with van der Waals surface area (Å²) in [4.78, 5) is 23.1. The van der Waals surface area contributed by atoms with Crippen LogP contribution in [0.4, 0.5) is 0 Å². The smallest absolute Gasteiger partial charge is 0.387 e. The van der Waals surface area contributed by atoms with E-state index in [1.165, 1.54) is 161 Å². The van der Waals surface area contributed by atoms with Crippen molar-refractivity contribution in [3.63, 3.8) is 0 Å². The predicted octanol–water partition coefficient (Wildman–Crippen LogP) is 13.3. The van der Waals surface area contributed by atoms with Gasteiger partial charge in [0.25, 0.3) is 0 Å². The van der Waals surface area contributed by atoms with Crippen molar-refractivity contribution >= 4 is 13.7 Å². The Morgan fingerprint density at radius 3 is 1.43 bits per heavy atom. The standard InChI is InChI=1S/C47H93N2O6P/c1-6-8-10-12-14-16-18-20-21-22-23-24-25-26-27-29-31-33-35-37-39-41-47(51)48-45(44-55-56(52,53)54-43-42-49(3,4)5)46(50)40-38-36-34-32-30-28-19-17-15-13-11-9-7-2/h30,32,38,40,45-46,50H,6-29,31,33-37,39,41-44H2,1-5H3,(H-,48,51,52,53)/p+1/b32-30+,40-38+. The lowest BCUT2D eigenvalue weighted by molar-refractivity contribution is -0.870. The van der Waals surface area contributed by atoms with Crippen LogP contribution in [0.25, 0.3) is 0 Å². The van der Waals surface area contributed by atoms with Crippen molar-refractivity contribution in [2.75, 3.05) is 40.9 Å². The van der Waals surface area contributed by atoms with Crippen molar-refractivity contribution in [1.29, 1.82) is 0 Å². The fraction of sp³-hybridized carbons (Fsp3) is 0.894. The van der Waals surface area contributed by atoms with Crippen LogP contribution in [0.2, 0.25) is 0 Å². The summed E-state index contributed by atoms with van der Waals surface area (Å²) in [5.41, 5.74) is 0. The van der Waals surface area contributed by atoms with Gasteiger partial charge in [0.15, 0.2) is 0 Å². The lowest BCUT2D eigenvalue weighted by Crippen LogP contribution is -2.45. The van der Waals surface area contributed by atoms with Crippen LogP contribution < -0.4 is 5.32 Å². The Morgan fingerprint density at radius 1 is 0.589 bits per heavy atom. The molecule has 3 N–H and O–H groups in total. The molecule has 0 aliphatic carbocycles. The number of hydrogen-bond donors (Lipinski definition) is 3. The summed E-state index contributed by atoms with van der Waals surface area (Å²) in [6.07, 6.45) is 46.8. The zero-order chi connectivity index (χ0) is 41.4. The van der Waals surface area contributed by atoms with Gasteiger partial charge < -0.3 is 19.8 Å². The van der Waals surface area contributed by atoms with Gasteiger partial charge in [0.2, 0.25) is 5.91 Å². The number of carbonyl (C=O) groups excluding carboxylic acids is 1. The van der Waals surface area contributed by atoms with Gasteiger partial charge in [-0.3, -0.25) is 13.8 Å². The number of phosphoric acid groups is 1. The van der Waals surface area contributed by atoms with Crippen LogP contribution >= 0.6 is 7.82 Å². The second-order valence-electron chi connectivity index (χ2n) is 17.5. The van der Waals surface area contributed by atoms with Crippen LogP contribution in [0.1, 0.15) is 219 Å². The molecular weight excluding hydrogens is 719 g/mol. The molecule has 1 amide bonds. The molecule has 3 unspecified atom stereocenters. The van der Waals surface area contributed by atoms with Crippen molar-refractivity contribution in [3.05, 3.63) is 24.3 Å². The third-order valence-corrected chi connectivity index (χ3v) is 11.7. The molecule has 0 radical (unpaired) electrons. The maximum atomic E-state index is 12.9. The summed E-state index contributed by atoms with van der Waals surface area (Å²) in [7, 11) is 1.56. The van der Waals surface area contributed by atoms with Crippen LogP contribution in [-0.2, 0) is 18.4 Å². The fourth-order valence-corrected chi connectivity index (χ4v) is 7.62. The molecule has 0 aromatic heterocycles. The molecule has 0 saturated carbocycles. The highest BCUT2D eigenvalue weighted by atomic mass is 31.2. The number of unbranched alkanes of at least 4 members (excludes halogenated alkanes) is 28. The number of allylic oxidation sites excluding steroid dienone is 3. The van der Waals surface area contributed by atoms with E-state index in [-0.39, 0.29) is 19.1 Å². The first-order valence-electron chi connectivity index (χ1n) is 23.7. The maximum absolute atomic E-state index is 12.9. The van der Waals surface area contributed by atoms with Gasteiger partial charge in [0.05, 0.1) is 39.9 Å². The monoisotopic (exact) mass is 814 g/mol. The number of amides is 1. The van der Waals surface area contributed by atoms with Crippen molar-refractivity contribution in [3.8, 4) is 0 Å². The first kappa shape index (κ1) is 55.0. The summed E-state index contributed by atoms with van der Waals surface area (Å²) in [6, 6.07) is -0.857. The molecule has 0 aliphatic heterocycles. The lowest BCUT2D eigenvalue weighted by atomic mass is 10.0. The SMILES string of the molecule is CCCCCCCCC/C=C/CC/C=C/C(O)C(COP(=O)(O)OCC[N+](C)(C)C)NC(=O)CCCCCCCCCCCCCCCCCCCCCCC. The Balaban J connectivity index is 4.31. The topological polar surface area (TPSA) is 105 Å². The minimum absolute atomic E-state index is 0.0582. The van der Waals surface area contributed by atoms with Crippen LogP contribution in [0.5, 0.6) is 0 Å². The van der Waals surface area contributed by atoms with Gasteiger partial charge in [-0.2, -0.15) is 0 Å². The average Bonchev–Trinajstić information content (AvgIpc) is 3.15. The number of nitrogens with one attached hydrogen (secondary N) is 1. The van der Waals surface area contributed by atoms with Gasteiger partial charge in [-0.15, -0.1) is 0 Å². The van der Waals surface area contributed by atoms with E-state index < -0.39 is 20.0 Å². The van der Waals surface area contributed by atoms with E-state index in [2.05, 4.69) is 31.3 Å². The van der Waals surface area contributed by atoms with E-state index in [9.17, 15) is 19.4 Å². The highest BCUT2D eigenvalue weighted by Gasteiger charge is 2.27. The number of hydrogen-bond acceptors (Lipinski definition) is 5. The maximum Gasteiger partial charge on any atom is 0.472 e. The van der Waals surface area contributed by atoms with E-state index in [4.69, 9.17) is 9.05 Å². The highest BCUT2D eigenvalue weighted by molar-refractivity contribution is 7.47. The number of rotatable bonds is 43. The molecule has 0 bridgehead atoms. The molecule has 0 heterocycles. The van der Waals surface area contributed by atoms with Gasteiger partial charge >= 0.3 is 7.82 Å². The number of aliphatic hydroxyl groups is 1.